The molecule has 0 aliphatic rings. The zero-order chi connectivity index (χ0) is 11.1. The van der Waals surface area contributed by atoms with E-state index in [2.05, 4.69) is 20.4 Å². The molecule has 0 aliphatic carbocycles. The molecule has 2 heteroatoms. The lowest BCUT2D eigenvalue weighted by Crippen LogP contribution is -2.09. The Morgan fingerprint density at radius 3 is 2.33 bits per heavy atom. The summed E-state index contributed by atoms with van der Waals surface area (Å²) in [5, 5.41) is 0. The lowest BCUT2D eigenvalue weighted by Gasteiger charge is -2.11. The van der Waals surface area contributed by atoms with Gasteiger partial charge in [-0.2, -0.15) is 0 Å². The molecule has 15 heavy (non-hydrogen) atoms. The molecule has 0 N–H and O–H groups in total. The molecule has 0 aromatic heterocycles. The van der Waals surface area contributed by atoms with E-state index >= 15 is 0 Å². The van der Waals surface area contributed by atoms with E-state index in [0.717, 1.165) is 11.3 Å². The van der Waals surface area contributed by atoms with Gasteiger partial charge in [0, 0.05) is 0 Å². The van der Waals surface area contributed by atoms with E-state index in [1.54, 1.807) is 0 Å². The summed E-state index contributed by atoms with van der Waals surface area (Å²) >= 11 is 0. The highest BCUT2D eigenvalue weighted by atomic mass is 28.2. The predicted octanol–water partition coefficient (Wildman–Crippen LogP) is 3.94. The maximum absolute atomic E-state index is 5.74. The highest BCUT2D eigenvalue weighted by Gasteiger charge is 2.07. The third-order valence-electron chi connectivity index (χ3n) is 2.44. The summed E-state index contributed by atoms with van der Waals surface area (Å²) in [7, 11) is 0.572. The van der Waals surface area contributed by atoms with Crippen molar-refractivity contribution >= 4 is 15.8 Å². The summed E-state index contributed by atoms with van der Waals surface area (Å²) in [4.78, 5) is 0. The smallest absolute Gasteiger partial charge is 0.314 e. The van der Waals surface area contributed by atoms with Crippen LogP contribution in [0.3, 0.4) is 0 Å². The molecular weight excluding hydrogens is 200 g/mol. The summed E-state index contributed by atoms with van der Waals surface area (Å²) in [6.07, 6.45) is 4.23. The van der Waals surface area contributed by atoms with Crippen LogP contribution in [0, 0.1) is 0 Å². The monoisotopic (exact) mass is 218 g/mol. The maximum atomic E-state index is 5.74. The lowest BCUT2D eigenvalue weighted by molar-refractivity contribution is 0.560. The summed E-state index contributed by atoms with van der Waals surface area (Å²) in [6, 6.07) is 8.07. The van der Waals surface area contributed by atoms with Gasteiger partial charge in [0.2, 0.25) is 0 Å². The second-order valence-electron chi connectivity index (χ2n) is 3.51. The molecule has 80 valence electrons. The Kier molecular flexibility index (Phi) is 5.19. The fraction of sp³-hybridized carbons (Fsp3) is 0.385. The molecule has 0 saturated carbocycles. The number of rotatable bonds is 6. The Labute approximate surface area is 95.1 Å². The molecule has 0 spiro atoms. The Morgan fingerprint density at radius 1 is 1.27 bits per heavy atom. The van der Waals surface area contributed by atoms with Crippen molar-refractivity contribution < 1.29 is 4.43 Å². The van der Waals surface area contributed by atoms with Gasteiger partial charge < -0.3 is 4.43 Å². The molecule has 0 heterocycles. The molecule has 1 aromatic carbocycles. The van der Waals surface area contributed by atoms with Crippen LogP contribution in [0.1, 0.15) is 32.3 Å². The highest BCUT2D eigenvalue weighted by molar-refractivity contribution is 6.30. The van der Waals surface area contributed by atoms with Gasteiger partial charge in [-0.3, -0.25) is 0 Å². The van der Waals surface area contributed by atoms with Crippen LogP contribution in [-0.4, -0.2) is 9.76 Å². The zero-order valence-electron chi connectivity index (χ0n) is 9.49. The van der Waals surface area contributed by atoms with E-state index in [1.165, 1.54) is 12.8 Å². The van der Waals surface area contributed by atoms with Gasteiger partial charge in [-0.1, -0.05) is 51.5 Å². The Balaban J connectivity index is 2.46. The van der Waals surface area contributed by atoms with E-state index < -0.39 is 0 Å². The molecule has 2 radical (unpaired) electrons. The van der Waals surface area contributed by atoms with Gasteiger partial charge in [-0.25, -0.2) is 0 Å². The second kappa shape index (κ2) is 6.46. The fourth-order valence-electron chi connectivity index (χ4n) is 1.28. The third-order valence-corrected chi connectivity index (χ3v) is 3.95. The molecule has 1 nitrogen and oxygen atoms in total. The minimum atomic E-state index is 0.572. The van der Waals surface area contributed by atoms with E-state index in [4.69, 9.17) is 4.43 Å². The third kappa shape index (κ3) is 3.92. The van der Waals surface area contributed by atoms with Gasteiger partial charge in [0.05, 0.1) is 0 Å². The summed E-state index contributed by atoms with van der Waals surface area (Å²) in [5.41, 5.74) is 1.83. The Bertz CT molecular complexity index is 288. The molecule has 0 unspecified atom stereocenters. The Morgan fingerprint density at radius 2 is 1.87 bits per heavy atom. The standard InChI is InChI=1S/C13H18OSi/c1-4-11-7-9-12(10-8-11)14-15-13(5-2)6-3/h4,7-10,13H,1,5-6H2,2-3H3. The van der Waals surface area contributed by atoms with E-state index in [9.17, 15) is 0 Å². The van der Waals surface area contributed by atoms with Gasteiger partial charge in [0.15, 0.2) is 0 Å². The molecule has 0 aliphatic heterocycles. The second-order valence-corrected chi connectivity index (χ2v) is 4.76. The highest BCUT2D eigenvalue weighted by Crippen LogP contribution is 2.17. The molecule has 0 saturated heterocycles. The van der Waals surface area contributed by atoms with E-state index in [1.807, 2.05) is 30.3 Å². The van der Waals surface area contributed by atoms with Crippen LogP contribution in [0.4, 0.5) is 0 Å². The van der Waals surface area contributed by atoms with Crippen molar-refractivity contribution in [2.24, 2.45) is 0 Å². The van der Waals surface area contributed by atoms with Crippen molar-refractivity contribution in [2.45, 2.75) is 32.2 Å². The van der Waals surface area contributed by atoms with Gasteiger partial charge >= 0.3 is 9.76 Å². The van der Waals surface area contributed by atoms with Crippen molar-refractivity contribution in [3.63, 3.8) is 0 Å². The molecule has 0 amide bonds. The average molecular weight is 218 g/mol. The van der Waals surface area contributed by atoms with Crippen LogP contribution >= 0.6 is 0 Å². The van der Waals surface area contributed by atoms with Crippen LogP contribution in [0.5, 0.6) is 5.75 Å². The minimum absolute atomic E-state index is 0.572. The SMILES string of the molecule is C=Cc1ccc(O[Si]C(CC)CC)cc1. The first-order chi connectivity index (χ1) is 7.30. The van der Waals surface area contributed by atoms with Crippen molar-refractivity contribution in [1.82, 2.24) is 0 Å². The quantitative estimate of drug-likeness (QED) is 0.657. The Hall–Kier alpha value is -1.02. The number of benzene rings is 1. The molecule has 1 aromatic rings. The lowest BCUT2D eigenvalue weighted by atomic mass is 10.2. The van der Waals surface area contributed by atoms with Crippen molar-refractivity contribution in [3.05, 3.63) is 36.4 Å². The van der Waals surface area contributed by atoms with E-state index in [0.29, 0.717) is 15.3 Å². The first kappa shape index (κ1) is 12.0. The van der Waals surface area contributed by atoms with Crippen LogP contribution in [0.15, 0.2) is 30.8 Å². The van der Waals surface area contributed by atoms with Crippen LogP contribution < -0.4 is 4.43 Å². The number of hydrogen-bond donors (Lipinski definition) is 0. The first-order valence-corrected chi connectivity index (χ1v) is 6.43. The summed E-state index contributed by atoms with van der Waals surface area (Å²) < 4.78 is 5.74. The molecular formula is C13H18OSi. The summed E-state index contributed by atoms with van der Waals surface area (Å²) in [6.45, 7) is 8.15. The zero-order valence-corrected chi connectivity index (χ0v) is 10.5. The van der Waals surface area contributed by atoms with Crippen LogP contribution in [0.2, 0.25) is 5.54 Å². The molecule has 0 bridgehead atoms. The van der Waals surface area contributed by atoms with Gasteiger partial charge in [-0.05, 0) is 23.2 Å². The normalized spacial score (nSPS) is 10.3. The fourth-order valence-corrected chi connectivity index (χ4v) is 2.05. The number of hydrogen-bond acceptors (Lipinski definition) is 1. The average Bonchev–Trinajstić information content (AvgIpc) is 2.31. The van der Waals surface area contributed by atoms with Crippen molar-refractivity contribution in [1.29, 1.82) is 0 Å². The van der Waals surface area contributed by atoms with Crippen molar-refractivity contribution in [3.8, 4) is 5.75 Å². The summed E-state index contributed by atoms with van der Waals surface area (Å²) in [5.74, 6) is 0.964. The topological polar surface area (TPSA) is 9.23 Å². The van der Waals surface area contributed by atoms with Gasteiger partial charge in [0.1, 0.15) is 5.75 Å². The predicted molar refractivity (Wildman–Crippen MR) is 67.2 cm³/mol. The first-order valence-electron chi connectivity index (χ1n) is 5.45. The van der Waals surface area contributed by atoms with Gasteiger partial charge in [0.25, 0.3) is 0 Å². The van der Waals surface area contributed by atoms with Gasteiger partial charge in [-0.15, -0.1) is 0 Å². The van der Waals surface area contributed by atoms with Crippen molar-refractivity contribution in [2.75, 3.05) is 0 Å². The maximum Gasteiger partial charge on any atom is 0.314 e. The molecule has 0 fully saturated rings. The van der Waals surface area contributed by atoms with Crippen LogP contribution in [0.25, 0.3) is 6.08 Å². The minimum Gasteiger partial charge on any atom is -0.541 e. The molecule has 1 rings (SSSR count). The largest absolute Gasteiger partial charge is 0.541 e. The van der Waals surface area contributed by atoms with E-state index in [-0.39, 0.29) is 0 Å². The van der Waals surface area contributed by atoms with Crippen LogP contribution in [-0.2, 0) is 0 Å². The molecule has 0 atom stereocenters.